The fraction of sp³-hybridized carbons (Fsp3) is 0.467. The van der Waals surface area contributed by atoms with Crippen LogP contribution < -0.4 is 20.2 Å². The van der Waals surface area contributed by atoms with Gasteiger partial charge in [-0.3, -0.25) is 5.43 Å². The van der Waals surface area contributed by atoms with E-state index in [-0.39, 0.29) is 0 Å². The molecule has 0 spiro atoms. The van der Waals surface area contributed by atoms with Gasteiger partial charge in [0.1, 0.15) is 13.2 Å². The molecule has 1 aromatic carbocycles. The second-order valence-electron chi connectivity index (χ2n) is 4.78. The van der Waals surface area contributed by atoms with Crippen LogP contribution in [-0.2, 0) is 0 Å². The van der Waals surface area contributed by atoms with Gasteiger partial charge in [0.2, 0.25) is 0 Å². The molecule has 0 aromatic heterocycles. The molecule has 0 radical (unpaired) electrons. The van der Waals surface area contributed by atoms with E-state index in [2.05, 4.69) is 22.8 Å². The zero-order valence-corrected chi connectivity index (χ0v) is 13.3. The zero-order chi connectivity index (χ0) is 15.1. The smallest absolute Gasteiger partial charge is 0.186 e. The van der Waals surface area contributed by atoms with Crippen LogP contribution in [0.5, 0.6) is 11.5 Å². The minimum Gasteiger partial charge on any atom is -0.486 e. The Morgan fingerprint density at radius 1 is 1.29 bits per heavy atom. The van der Waals surface area contributed by atoms with Gasteiger partial charge in [-0.15, -0.1) is 0 Å². The van der Waals surface area contributed by atoms with Gasteiger partial charge in [0.05, 0.1) is 5.71 Å². The summed E-state index contributed by atoms with van der Waals surface area (Å²) in [5.41, 5.74) is 4.67. The van der Waals surface area contributed by atoms with Crippen LogP contribution in [0.25, 0.3) is 0 Å². The quantitative estimate of drug-likeness (QED) is 0.379. The summed E-state index contributed by atoms with van der Waals surface area (Å²) in [6.07, 6.45) is 2.22. The average molecular weight is 307 g/mol. The second kappa shape index (κ2) is 7.83. The molecule has 114 valence electrons. The fourth-order valence-corrected chi connectivity index (χ4v) is 2.03. The normalized spacial score (nSPS) is 13.7. The number of unbranched alkanes of at least 4 members (excludes halogenated alkanes) is 1. The summed E-state index contributed by atoms with van der Waals surface area (Å²) in [5, 5.41) is 7.94. The summed E-state index contributed by atoms with van der Waals surface area (Å²) in [7, 11) is 0. The van der Waals surface area contributed by atoms with Gasteiger partial charge in [0.15, 0.2) is 16.6 Å². The van der Waals surface area contributed by atoms with Gasteiger partial charge in [0, 0.05) is 12.1 Å². The predicted molar refractivity (Wildman–Crippen MR) is 88.3 cm³/mol. The minimum absolute atomic E-state index is 0.542. The van der Waals surface area contributed by atoms with Crippen LogP contribution in [0.4, 0.5) is 0 Å². The lowest BCUT2D eigenvalue weighted by atomic mass is 10.1. The van der Waals surface area contributed by atoms with E-state index in [0.717, 1.165) is 42.2 Å². The van der Waals surface area contributed by atoms with Gasteiger partial charge in [-0.1, -0.05) is 13.3 Å². The average Bonchev–Trinajstić information content (AvgIpc) is 2.52. The first kappa shape index (κ1) is 15.6. The molecule has 5 nitrogen and oxygen atoms in total. The van der Waals surface area contributed by atoms with Crippen LogP contribution >= 0.6 is 12.2 Å². The van der Waals surface area contributed by atoms with Crippen LogP contribution in [0.3, 0.4) is 0 Å². The Labute approximate surface area is 130 Å². The van der Waals surface area contributed by atoms with Crippen molar-refractivity contribution in [3.63, 3.8) is 0 Å². The zero-order valence-electron chi connectivity index (χ0n) is 12.4. The molecule has 1 aliphatic rings. The fourth-order valence-electron chi connectivity index (χ4n) is 1.89. The van der Waals surface area contributed by atoms with Crippen LogP contribution in [0.2, 0.25) is 0 Å². The Balaban J connectivity index is 1.94. The Morgan fingerprint density at radius 3 is 2.81 bits per heavy atom. The van der Waals surface area contributed by atoms with Crippen molar-refractivity contribution < 1.29 is 9.47 Å². The number of hydrogen-bond acceptors (Lipinski definition) is 4. The maximum absolute atomic E-state index is 5.57. The van der Waals surface area contributed by atoms with E-state index >= 15 is 0 Å². The molecule has 2 rings (SSSR count). The standard InChI is InChI=1S/C15H21N3O2S/c1-3-4-7-16-15(21)18-17-11(2)12-5-6-13-14(10-12)20-9-8-19-13/h5-6,10H,3-4,7-9H2,1-2H3,(H2,16,18,21)/b17-11-. The number of hydrogen-bond donors (Lipinski definition) is 2. The largest absolute Gasteiger partial charge is 0.486 e. The number of rotatable bonds is 5. The molecule has 0 bridgehead atoms. The Bertz CT molecular complexity index is 532. The van der Waals surface area contributed by atoms with Crippen molar-refractivity contribution in [1.82, 2.24) is 10.7 Å². The number of fused-ring (bicyclic) bond motifs is 1. The van der Waals surface area contributed by atoms with E-state index in [1.165, 1.54) is 0 Å². The van der Waals surface area contributed by atoms with Gasteiger partial charge in [0.25, 0.3) is 0 Å². The summed E-state index contributed by atoms with van der Waals surface area (Å²) in [4.78, 5) is 0. The molecule has 0 aliphatic carbocycles. The third kappa shape index (κ3) is 4.60. The molecule has 1 heterocycles. The molecule has 0 saturated heterocycles. The van der Waals surface area contributed by atoms with Gasteiger partial charge in [-0.2, -0.15) is 5.10 Å². The Morgan fingerprint density at radius 2 is 2.05 bits per heavy atom. The van der Waals surface area contributed by atoms with E-state index in [0.29, 0.717) is 18.3 Å². The predicted octanol–water partition coefficient (Wildman–Crippen LogP) is 2.45. The lowest BCUT2D eigenvalue weighted by Gasteiger charge is -2.18. The topological polar surface area (TPSA) is 54.9 Å². The van der Waals surface area contributed by atoms with Crippen LogP contribution in [0, 0.1) is 0 Å². The molecule has 0 fully saturated rings. The number of nitrogens with zero attached hydrogens (tertiary/aromatic N) is 1. The van der Waals surface area contributed by atoms with Crippen molar-refractivity contribution in [2.45, 2.75) is 26.7 Å². The molecule has 0 saturated carbocycles. The molecule has 6 heteroatoms. The highest BCUT2D eigenvalue weighted by Gasteiger charge is 2.12. The van der Waals surface area contributed by atoms with Crippen molar-refractivity contribution in [3.8, 4) is 11.5 Å². The number of benzene rings is 1. The number of ether oxygens (including phenoxy) is 2. The van der Waals surface area contributed by atoms with Crippen molar-refractivity contribution >= 4 is 23.0 Å². The van der Waals surface area contributed by atoms with E-state index in [9.17, 15) is 0 Å². The Hall–Kier alpha value is -1.82. The molecular weight excluding hydrogens is 286 g/mol. The van der Waals surface area contributed by atoms with Gasteiger partial charge in [-0.05, 0) is 43.8 Å². The molecule has 0 unspecified atom stereocenters. The molecule has 0 atom stereocenters. The number of hydrazone groups is 1. The van der Waals surface area contributed by atoms with E-state index in [1.807, 2.05) is 25.1 Å². The van der Waals surface area contributed by atoms with Crippen molar-refractivity contribution in [2.24, 2.45) is 5.10 Å². The summed E-state index contributed by atoms with van der Waals surface area (Å²) in [6.45, 7) is 6.10. The lowest BCUT2D eigenvalue weighted by Crippen LogP contribution is -2.33. The van der Waals surface area contributed by atoms with Gasteiger partial charge >= 0.3 is 0 Å². The molecule has 1 aliphatic heterocycles. The van der Waals surface area contributed by atoms with Gasteiger partial charge < -0.3 is 14.8 Å². The SMILES string of the molecule is CCCCNC(=S)N/N=C(/C)c1ccc2c(c1)OCCO2. The highest BCUT2D eigenvalue weighted by molar-refractivity contribution is 7.80. The van der Waals surface area contributed by atoms with E-state index < -0.39 is 0 Å². The van der Waals surface area contributed by atoms with Gasteiger partial charge in [-0.25, -0.2) is 0 Å². The summed E-state index contributed by atoms with van der Waals surface area (Å²) in [5.74, 6) is 1.54. The van der Waals surface area contributed by atoms with Crippen LogP contribution in [-0.4, -0.2) is 30.6 Å². The first-order valence-electron chi connectivity index (χ1n) is 7.19. The second-order valence-corrected chi connectivity index (χ2v) is 5.19. The third-order valence-corrected chi connectivity index (χ3v) is 3.34. The maximum Gasteiger partial charge on any atom is 0.186 e. The van der Waals surface area contributed by atoms with Crippen molar-refractivity contribution in [3.05, 3.63) is 23.8 Å². The van der Waals surface area contributed by atoms with E-state index in [4.69, 9.17) is 21.7 Å². The summed E-state index contributed by atoms with van der Waals surface area (Å²) >= 11 is 5.16. The highest BCUT2D eigenvalue weighted by atomic mass is 32.1. The summed E-state index contributed by atoms with van der Waals surface area (Å²) in [6, 6.07) is 5.80. The lowest BCUT2D eigenvalue weighted by molar-refractivity contribution is 0.171. The number of thiocarbonyl (C=S) groups is 1. The maximum atomic E-state index is 5.57. The third-order valence-electron chi connectivity index (χ3n) is 3.10. The Kier molecular flexibility index (Phi) is 5.80. The summed E-state index contributed by atoms with van der Waals surface area (Å²) < 4.78 is 11.1. The molecule has 21 heavy (non-hydrogen) atoms. The first-order valence-corrected chi connectivity index (χ1v) is 7.59. The number of nitrogens with one attached hydrogen (secondary N) is 2. The van der Waals surface area contributed by atoms with Crippen molar-refractivity contribution in [2.75, 3.05) is 19.8 Å². The molecular formula is C15H21N3O2S. The van der Waals surface area contributed by atoms with Crippen LogP contribution in [0.1, 0.15) is 32.3 Å². The van der Waals surface area contributed by atoms with Crippen LogP contribution in [0.15, 0.2) is 23.3 Å². The highest BCUT2D eigenvalue weighted by Crippen LogP contribution is 2.30. The monoisotopic (exact) mass is 307 g/mol. The molecule has 1 aromatic rings. The molecule has 0 amide bonds. The van der Waals surface area contributed by atoms with E-state index in [1.54, 1.807) is 0 Å². The first-order chi connectivity index (χ1) is 10.2. The van der Waals surface area contributed by atoms with Crippen molar-refractivity contribution in [1.29, 1.82) is 0 Å². The molecule has 2 N–H and O–H groups in total. The minimum atomic E-state index is 0.542.